The highest BCUT2D eigenvalue weighted by Gasteiger charge is 2.28. The van der Waals surface area contributed by atoms with Gasteiger partial charge in [-0.2, -0.15) is 0 Å². The minimum absolute atomic E-state index is 0.0175. The van der Waals surface area contributed by atoms with Crippen molar-refractivity contribution in [3.63, 3.8) is 0 Å². The molecule has 4 rings (SSSR count). The molecule has 0 fully saturated rings. The second-order valence-corrected chi connectivity index (χ2v) is 7.36. The minimum Gasteiger partial charge on any atom is -0.493 e. The standard InChI is InChI=1S/C20H10Cl2F3N3O3/c21-9-4-12(23)16(13(24)5-9)15(7-29)28-19(30)14(27-20(28)31)3-8-6-26-18-10(8)1-2-11(22)17(18)25/h1-7,15,30H,(H,27,31). The number of fused-ring (bicyclic) bond motifs is 1. The molecule has 0 saturated carbocycles. The molecule has 2 aromatic carbocycles. The molecule has 1 unspecified atom stereocenters. The number of imidazole rings is 1. The van der Waals surface area contributed by atoms with E-state index in [0.29, 0.717) is 15.7 Å². The highest BCUT2D eigenvalue weighted by molar-refractivity contribution is 6.32. The number of allylic oxidation sites excluding steroid dienone is 1. The zero-order valence-corrected chi connectivity index (χ0v) is 16.7. The summed E-state index contributed by atoms with van der Waals surface area (Å²) in [7, 11) is 0. The number of H-pyrrole nitrogens is 1. The maximum absolute atomic E-state index is 14.3. The third kappa shape index (κ3) is 3.45. The normalized spacial score (nSPS) is 14.8. The summed E-state index contributed by atoms with van der Waals surface area (Å²) in [6, 6.07) is 2.56. The van der Waals surface area contributed by atoms with Crippen LogP contribution in [0, 0.1) is 17.5 Å². The molecule has 6 nitrogen and oxygen atoms in total. The first-order valence-electron chi connectivity index (χ1n) is 8.60. The van der Waals surface area contributed by atoms with Crippen molar-refractivity contribution in [1.82, 2.24) is 9.55 Å². The summed E-state index contributed by atoms with van der Waals surface area (Å²) in [6.07, 6.45) is 2.66. The summed E-state index contributed by atoms with van der Waals surface area (Å²) in [5.41, 5.74) is -1.31. The van der Waals surface area contributed by atoms with Crippen LogP contribution in [0.5, 0.6) is 5.88 Å². The van der Waals surface area contributed by atoms with Crippen LogP contribution in [0.25, 0.3) is 11.6 Å². The van der Waals surface area contributed by atoms with Crippen molar-refractivity contribution in [2.75, 3.05) is 0 Å². The van der Waals surface area contributed by atoms with E-state index in [0.717, 1.165) is 12.1 Å². The highest BCUT2D eigenvalue weighted by atomic mass is 35.5. The van der Waals surface area contributed by atoms with Crippen LogP contribution in [0.1, 0.15) is 22.9 Å². The summed E-state index contributed by atoms with van der Waals surface area (Å²) < 4.78 is 43.2. The zero-order chi connectivity index (χ0) is 22.4. The number of halogens is 5. The van der Waals surface area contributed by atoms with Gasteiger partial charge in [-0.15, -0.1) is 0 Å². The fourth-order valence-electron chi connectivity index (χ4n) is 3.28. The molecule has 0 bridgehead atoms. The second kappa shape index (κ2) is 7.75. The Kier molecular flexibility index (Phi) is 5.24. The molecular weight excluding hydrogens is 458 g/mol. The van der Waals surface area contributed by atoms with Gasteiger partial charge in [0.05, 0.1) is 10.6 Å². The minimum atomic E-state index is -1.81. The number of benzene rings is 2. The van der Waals surface area contributed by atoms with Gasteiger partial charge in [-0.05, 0) is 24.3 Å². The van der Waals surface area contributed by atoms with Crippen LogP contribution >= 0.6 is 23.2 Å². The lowest BCUT2D eigenvalue weighted by Crippen LogP contribution is -2.25. The van der Waals surface area contributed by atoms with Gasteiger partial charge in [0.1, 0.15) is 35.3 Å². The number of carbonyl (C=O) groups is 1. The van der Waals surface area contributed by atoms with E-state index >= 15 is 0 Å². The number of nitrogens with one attached hydrogen (secondary N) is 1. The number of carbonyl (C=O) groups excluding carboxylic acids is 1. The summed E-state index contributed by atoms with van der Waals surface area (Å²) in [5.74, 6) is -3.83. The average Bonchev–Trinajstić information content (AvgIpc) is 3.23. The SMILES string of the molecule is O=CC(c1c(F)cc(Cl)cc1F)n1c(O)c(C=C2C=Nc3c2ccc(Cl)c3F)[nH]c1=O. The van der Waals surface area contributed by atoms with E-state index < -0.39 is 40.6 Å². The summed E-state index contributed by atoms with van der Waals surface area (Å²) >= 11 is 11.3. The van der Waals surface area contributed by atoms with E-state index in [9.17, 15) is 27.9 Å². The number of hydrogen-bond acceptors (Lipinski definition) is 4. The zero-order valence-electron chi connectivity index (χ0n) is 15.2. The number of aromatic nitrogens is 2. The first kappa shape index (κ1) is 21.0. The molecule has 0 amide bonds. The van der Waals surface area contributed by atoms with Gasteiger partial charge in [0, 0.05) is 22.4 Å². The highest BCUT2D eigenvalue weighted by Crippen LogP contribution is 2.38. The molecule has 2 N–H and O–H groups in total. The number of nitrogens with zero attached hydrogens (tertiary/aromatic N) is 2. The monoisotopic (exact) mass is 467 g/mol. The maximum Gasteiger partial charge on any atom is 0.329 e. The Bertz CT molecular complexity index is 1340. The first-order chi connectivity index (χ1) is 14.7. The Morgan fingerprint density at radius 3 is 2.48 bits per heavy atom. The predicted molar refractivity (Wildman–Crippen MR) is 110 cm³/mol. The van der Waals surface area contributed by atoms with Crippen molar-refractivity contribution in [2.24, 2.45) is 4.99 Å². The summed E-state index contributed by atoms with van der Waals surface area (Å²) in [5, 5.41) is 10.2. The molecule has 11 heteroatoms. The Labute approximate surface area is 181 Å². The van der Waals surface area contributed by atoms with Crippen molar-refractivity contribution < 1.29 is 23.1 Å². The number of rotatable bonds is 4. The Hall–Kier alpha value is -3.30. The van der Waals surface area contributed by atoms with Crippen LogP contribution in [0.3, 0.4) is 0 Å². The van der Waals surface area contributed by atoms with Crippen molar-refractivity contribution in [3.8, 4) is 5.88 Å². The third-order valence-electron chi connectivity index (χ3n) is 4.69. The van der Waals surface area contributed by atoms with E-state index in [-0.39, 0.29) is 27.7 Å². The van der Waals surface area contributed by atoms with Gasteiger partial charge in [0.25, 0.3) is 0 Å². The van der Waals surface area contributed by atoms with Crippen molar-refractivity contribution >= 4 is 53.0 Å². The lowest BCUT2D eigenvalue weighted by molar-refractivity contribution is -0.109. The maximum atomic E-state index is 14.3. The number of aldehydes is 1. The average molecular weight is 468 g/mol. The van der Waals surface area contributed by atoms with Gasteiger partial charge in [-0.25, -0.2) is 22.5 Å². The Morgan fingerprint density at radius 2 is 1.84 bits per heavy atom. The smallest absolute Gasteiger partial charge is 0.329 e. The van der Waals surface area contributed by atoms with Crippen LogP contribution in [-0.2, 0) is 4.79 Å². The molecule has 1 atom stereocenters. The van der Waals surface area contributed by atoms with E-state index in [1.54, 1.807) is 0 Å². The van der Waals surface area contributed by atoms with E-state index in [1.165, 1.54) is 24.4 Å². The van der Waals surface area contributed by atoms with Gasteiger partial charge in [-0.1, -0.05) is 29.3 Å². The Balaban J connectivity index is 1.83. The van der Waals surface area contributed by atoms with E-state index in [2.05, 4.69) is 9.98 Å². The fourth-order valence-corrected chi connectivity index (χ4v) is 3.63. The topological polar surface area (TPSA) is 87.4 Å². The number of aromatic amines is 1. The van der Waals surface area contributed by atoms with Gasteiger partial charge < -0.3 is 14.9 Å². The molecule has 158 valence electrons. The molecule has 0 spiro atoms. The van der Waals surface area contributed by atoms with Crippen LogP contribution in [0.4, 0.5) is 18.9 Å². The molecule has 3 aromatic rings. The van der Waals surface area contributed by atoms with Crippen molar-refractivity contribution in [2.45, 2.75) is 6.04 Å². The molecule has 0 radical (unpaired) electrons. The van der Waals surface area contributed by atoms with Gasteiger partial charge in [0.2, 0.25) is 5.88 Å². The third-order valence-corrected chi connectivity index (χ3v) is 5.20. The largest absolute Gasteiger partial charge is 0.493 e. The van der Waals surface area contributed by atoms with E-state index in [1.807, 2.05) is 0 Å². The number of aromatic hydroxyl groups is 1. The van der Waals surface area contributed by atoms with Crippen LogP contribution < -0.4 is 5.69 Å². The number of hydrogen-bond donors (Lipinski definition) is 2. The van der Waals surface area contributed by atoms with Crippen LogP contribution in [-0.4, -0.2) is 27.2 Å². The Morgan fingerprint density at radius 1 is 1.16 bits per heavy atom. The van der Waals surface area contributed by atoms with Crippen LogP contribution in [0.2, 0.25) is 10.0 Å². The molecule has 1 aliphatic rings. The quantitative estimate of drug-likeness (QED) is 0.547. The lowest BCUT2D eigenvalue weighted by Gasteiger charge is -2.14. The second-order valence-electron chi connectivity index (χ2n) is 6.52. The molecule has 1 aromatic heterocycles. The van der Waals surface area contributed by atoms with Gasteiger partial charge >= 0.3 is 5.69 Å². The fraction of sp³-hybridized carbons (Fsp3) is 0.0500. The lowest BCUT2D eigenvalue weighted by atomic mass is 10.1. The predicted octanol–water partition coefficient (Wildman–Crippen LogP) is 4.65. The van der Waals surface area contributed by atoms with Crippen LogP contribution in [0.15, 0.2) is 34.1 Å². The van der Waals surface area contributed by atoms with Crippen molar-refractivity contribution in [1.29, 1.82) is 0 Å². The molecule has 1 aliphatic heterocycles. The first-order valence-corrected chi connectivity index (χ1v) is 9.35. The van der Waals surface area contributed by atoms with E-state index in [4.69, 9.17) is 23.2 Å². The molecule has 31 heavy (non-hydrogen) atoms. The molecule has 2 heterocycles. The molecule has 0 saturated heterocycles. The summed E-state index contributed by atoms with van der Waals surface area (Å²) in [6.45, 7) is 0. The summed E-state index contributed by atoms with van der Waals surface area (Å²) in [4.78, 5) is 30.3. The van der Waals surface area contributed by atoms with Gasteiger partial charge in [0.15, 0.2) is 5.82 Å². The number of aliphatic imine (C=N–C) groups is 1. The van der Waals surface area contributed by atoms with Crippen molar-refractivity contribution in [3.05, 3.63) is 79.1 Å². The molecule has 0 aliphatic carbocycles. The molecular formula is C20H10Cl2F3N3O3. The van der Waals surface area contributed by atoms with Gasteiger partial charge in [-0.3, -0.25) is 4.99 Å².